The van der Waals surface area contributed by atoms with E-state index in [1.165, 1.54) is 24.6 Å². The van der Waals surface area contributed by atoms with Gasteiger partial charge < -0.3 is 5.32 Å². The fourth-order valence-corrected chi connectivity index (χ4v) is 3.05. The molecule has 2 aromatic carbocycles. The quantitative estimate of drug-likeness (QED) is 0.834. The largest absolute Gasteiger partial charge is 0.316 e. The number of benzene rings is 2. The van der Waals surface area contributed by atoms with Crippen LogP contribution in [0.5, 0.6) is 0 Å². The first kappa shape index (κ1) is 18.6. The smallest absolute Gasteiger partial charge is 0.294 e. The first-order chi connectivity index (χ1) is 11.4. The molecule has 0 saturated carbocycles. The molecule has 1 aliphatic rings. The summed E-state index contributed by atoms with van der Waals surface area (Å²) in [6.07, 6.45) is 2.05. The van der Waals surface area contributed by atoms with Gasteiger partial charge in [0.2, 0.25) is 0 Å². The van der Waals surface area contributed by atoms with E-state index in [2.05, 4.69) is 5.32 Å². The molecule has 0 aromatic heterocycles. The molecule has 0 bridgehead atoms. The van der Waals surface area contributed by atoms with E-state index in [0.29, 0.717) is 5.92 Å². The van der Waals surface area contributed by atoms with E-state index in [9.17, 15) is 12.8 Å². The van der Waals surface area contributed by atoms with Crippen LogP contribution in [0.4, 0.5) is 4.39 Å². The fraction of sp³-hybridized carbons (Fsp3) is 0.333. The van der Waals surface area contributed by atoms with Crippen LogP contribution >= 0.6 is 0 Å². The second-order valence-electron chi connectivity index (χ2n) is 5.94. The molecule has 2 N–H and O–H groups in total. The highest BCUT2D eigenvalue weighted by atomic mass is 32.2. The Morgan fingerprint density at radius 1 is 1.17 bits per heavy atom. The lowest BCUT2D eigenvalue weighted by molar-refractivity contribution is 0.483. The van der Waals surface area contributed by atoms with Gasteiger partial charge in [-0.05, 0) is 62.5 Å². The minimum atomic E-state index is -4.02. The monoisotopic (exact) mass is 351 g/mol. The standard InChI is InChI=1S/C11H14FN.C7H8O3S/c12-11-4-2-1-3-10(11)7-9-5-6-13-8-9;1-6-2-4-7(5-3-6)11(8,9)10/h1-4,9,13H,5-8H2;2-5H,1H3,(H,8,9,10). The zero-order valence-electron chi connectivity index (χ0n) is 13.6. The molecule has 130 valence electrons. The summed E-state index contributed by atoms with van der Waals surface area (Å²) in [6, 6.07) is 13.1. The Morgan fingerprint density at radius 2 is 1.83 bits per heavy atom. The van der Waals surface area contributed by atoms with Crippen LogP contribution in [0.1, 0.15) is 17.5 Å². The number of nitrogens with one attached hydrogen (secondary N) is 1. The van der Waals surface area contributed by atoms with Gasteiger partial charge >= 0.3 is 0 Å². The van der Waals surface area contributed by atoms with Crippen molar-refractivity contribution in [1.29, 1.82) is 0 Å². The molecule has 1 saturated heterocycles. The van der Waals surface area contributed by atoms with Gasteiger partial charge in [0, 0.05) is 0 Å². The van der Waals surface area contributed by atoms with Crippen LogP contribution in [-0.2, 0) is 16.5 Å². The zero-order chi connectivity index (χ0) is 17.6. The van der Waals surface area contributed by atoms with E-state index in [-0.39, 0.29) is 10.7 Å². The van der Waals surface area contributed by atoms with Crippen LogP contribution in [0, 0.1) is 18.7 Å². The predicted octanol–water partition coefficient (Wildman–Crippen LogP) is 3.22. The molecule has 1 unspecified atom stereocenters. The molecule has 6 heteroatoms. The Balaban J connectivity index is 0.000000177. The van der Waals surface area contributed by atoms with Crippen molar-refractivity contribution in [2.75, 3.05) is 13.1 Å². The molecule has 1 aliphatic heterocycles. The van der Waals surface area contributed by atoms with Crippen LogP contribution in [0.3, 0.4) is 0 Å². The highest BCUT2D eigenvalue weighted by Crippen LogP contribution is 2.17. The summed E-state index contributed by atoms with van der Waals surface area (Å²) in [6.45, 7) is 3.96. The van der Waals surface area contributed by atoms with Crippen molar-refractivity contribution in [3.05, 3.63) is 65.5 Å². The lowest BCUT2D eigenvalue weighted by atomic mass is 9.98. The summed E-state index contributed by atoms with van der Waals surface area (Å²) in [5, 5.41) is 3.29. The summed E-state index contributed by atoms with van der Waals surface area (Å²) >= 11 is 0. The maximum atomic E-state index is 13.2. The normalized spacial score (nSPS) is 17.2. The molecular formula is C18H22FNO3S. The molecule has 1 heterocycles. The third-order valence-corrected chi connectivity index (χ3v) is 4.82. The fourth-order valence-electron chi connectivity index (χ4n) is 2.57. The SMILES string of the molecule is Cc1ccc(S(=O)(=O)O)cc1.Fc1ccccc1CC1CCNC1. The van der Waals surface area contributed by atoms with Gasteiger partial charge in [-0.2, -0.15) is 8.42 Å². The topological polar surface area (TPSA) is 66.4 Å². The number of hydrogen-bond donors (Lipinski definition) is 2. The molecule has 4 nitrogen and oxygen atoms in total. The molecule has 1 atom stereocenters. The van der Waals surface area contributed by atoms with Crippen LogP contribution in [0.25, 0.3) is 0 Å². The molecule has 3 rings (SSSR count). The molecule has 0 spiro atoms. The van der Waals surface area contributed by atoms with E-state index in [1.807, 2.05) is 19.1 Å². The van der Waals surface area contributed by atoms with Crippen LogP contribution in [-0.4, -0.2) is 26.1 Å². The Kier molecular flexibility index (Phi) is 6.48. The highest BCUT2D eigenvalue weighted by molar-refractivity contribution is 7.85. The summed E-state index contributed by atoms with van der Waals surface area (Å²) < 4.78 is 42.8. The minimum Gasteiger partial charge on any atom is -0.316 e. The van der Waals surface area contributed by atoms with E-state index in [1.54, 1.807) is 18.2 Å². The van der Waals surface area contributed by atoms with Gasteiger partial charge in [0.1, 0.15) is 5.82 Å². The van der Waals surface area contributed by atoms with E-state index < -0.39 is 10.1 Å². The van der Waals surface area contributed by atoms with Gasteiger partial charge in [0.15, 0.2) is 0 Å². The third kappa shape index (κ3) is 5.70. The van der Waals surface area contributed by atoms with Gasteiger partial charge in [0.05, 0.1) is 4.90 Å². The lowest BCUT2D eigenvalue weighted by Crippen LogP contribution is -2.11. The molecule has 0 radical (unpaired) electrons. The lowest BCUT2D eigenvalue weighted by Gasteiger charge is -2.08. The Hall–Kier alpha value is -1.76. The second kappa shape index (κ2) is 8.37. The Bertz CT molecular complexity index is 754. The van der Waals surface area contributed by atoms with Gasteiger partial charge in [-0.3, -0.25) is 4.55 Å². The summed E-state index contributed by atoms with van der Waals surface area (Å²) in [7, 11) is -4.02. The van der Waals surface area contributed by atoms with Gasteiger partial charge in [-0.1, -0.05) is 35.9 Å². The third-order valence-electron chi connectivity index (χ3n) is 3.95. The molecule has 0 aliphatic carbocycles. The number of halogens is 1. The van der Waals surface area contributed by atoms with Crippen LogP contribution in [0.15, 0.2) is 53.4 Å². The molecule has 0 amide bonds. The number of rotatable bonds is 3. The molecule has 24 heavy (non-hydrogen) atoms. The van der Waals surface area contributed by atoms with Gasteiger partial charge in [-0.15, -0.1) is 0 Å². The van der Waals surface area contributed by atoms with Gasteiger partial charge in [0.25, 0.3) is 10.1 Å². The average Bonchev–Trinajstić information content (AvgIpc) is 3.03. The van der Waals surface area contributed by atoms with Crippen molar-refractivity contribution in [1.82, 2.24) is 5.32 Å². The number of aryl methyl sites for hydroxylation is 1. The Labute approximate surface area is 142 Å². The van der Waals surface area contributed by atoms with Crippen molar-refractivity contribution >= 4 is 10.1 Å². The molecule has 2 aromatic rings. The highest BCUT2D eigenvalue weighted by Gasteiger charge is 2.16. The maximum Gasteiger partial charge on any atom is 0.294 e. The summed E-state index contributed by atoms with van der Waals surface area (Å²) in [5.74, 6) is 0.561. The second-order valence-corrected chi connectivity index (χ2v) is 7.36. The summed E-state index contributed by atoms with van der Waals surface area (Å²) in [4.78, 5) is -0.0666. The van der Waals surface area contributed by atoms with Crippen LogP contribution in [0.2, 0.25) is 0 Å². The maximum absolute atomic E-state index is 13.2. The van der Waals surface area contributed by atoms with E-state index >= 15 is 0 Å². The predicted molar refractivity (Wildman–Crippen MR) is 92.1 cm³/mol. The van der Waals surface area contributed by atoms with Crippen molar-refractivity contribution in [2.45, 2.75) is 24.7 Å². The Morgan fingerprint density at radius 3 is 2.38 bits per heavy atom. The van der Waals surface area contributed by atoms with Gasteiger partial charge in [-0.25, -0.2) is 4.39 Å². The van der Waals surface area contributed by atoms with Crippen molar-refractivity contribution in [2.24, 2.45) is 5.92 Å². The van der Waals surface area contributed by atoms with Crippen molar-refractivity contribution < 1.29 is 17.4 Å². The molecular weight excluding hydrogens is 329 g/mol. The minimum absolute atomic E-state index is 0.0607. The zero-order valence-corrected chi connectivity index (χ0v) is 14.4. The molecule has 1 fully saturated rings. The van der Waals surface area contributed by atoms with E-state index in [4.69, 9.17) is 4.55 Å². The van der Waals surface area contributed by atoms with Crippen molar-refractivity contribution in [3.63, 3.8) is 0 Å². The average molecular weight is 351 g/mol. The first-order valence-electron chi connectivity index (χ1n) is 7.84. The van der Waals surface area contributed by atoms with Crippen molar-refractivity contribution in [3.8, 4) is 0 Å². The number of hydrogen-bond acceptors (Lipinski definition) is 3. The van der Waals surface area contributed by atoms with Crippen LogP contribution < -0.4 is 5.32 Å². The van der Waals surface area contributed by atoms with E-state index in [0.717, 1.165) is 30.6 Å². The summed E-state index contributed by atoms with van der Waals surface area (Å²) in [5.41, 5.74) is 1.81. The first-order valence-corrected chi connectivity index (χ1v) is 9.28.